The van der Waals surface area contributed by atoms with Crippen LogP contribution < -0.4 is 5.73 Å². The smallest absolute Gasteiger partial charge is 0.195 e. The van der Waals surface area contributed by atoms with Gasteiger partial charge in [0.2, 0.25) is 0 Å². The summed E-state index contributed by atoms with van der Waals surface area (Å²) < 4.78 is 25.9. The third-order valence-corrected chi connectivity index (χ3v) is 5.75. The summed E-state index contributed by atoms with van der Waals surface area (Å²) in [4.78, 5) is 25.6. The maximum Gasteiger partial charge on any atom is 0.195 e. The lowest BCUT2D eigenvalue weighted by molar-refractivity contribution is 0.0992. The molecule has 3 rings (SSSR count). The SMILES string of the molecule is NC1=N[C@](CF)(c2cc(CC(=O)c3ncc(C#CCF)s3)ccn2)CCS1. The topological polar surface area (TPSA) is 81.2 Å². The Morgan fingerprint density at radius 3 is 2.96 bits per heavy atom. The van der Waals surface area contributed by atoms with E-state index in [1.807, 2.05) is 0 Å². The van der Waals surface area contributed by atoms with Crippen molar-refractivity contribution in [3.63, 3.8) is 0 Å². The molecule has 1 atom stereocenters. The van der Waals surface area contributed by atoms with Crippen molar-refractivity contribution in [2.45, 2.75) is 18.4 Å². The highest BCUT2D eigenvalue weighted by atomic mass is 32.2. The zero-order valence-corrected chi connectivity index (χ0v) is 15.9. The number of thiazole rings is 1. The van der Waals surface area contributed by atoms with E-state index in [4.69, 9.17) is 5.73 Å². The highest BCUT2D eigenvalue weighted by molar-refractivity contribution is 8.13. The summed E-state index contributed by atoms with van der Waals surface area (Å²) in [5.74, 6) is 5.37. The molecule has 0 saturated heterocycles. The first kappa shape index (κ1) is 19.5. The number of thioether (sulfide) groups is 1. The molecule has 0 amide bonds. The normalized spacial score (nSPS) is 19.1. The molecule has 27 heavy (non-hydrogen) atoms. The third kappa shape index (κ3) is 4.51. The predicted octanol–water partition coefficient (Wildman–Crippen LogP) is 2.90. The zero-order valence-electron chi connectivity index (χ0n) is 14.2. The molecular formula is C18H16F2N4OS2. The van der Waals surface area contributed by atoms with Crippen molar-refractivity contribution in [1.29, 1.82) is 0 Å². The zero-order chi connectivity index (χ0) is 19.3. The van der Waals surface area contributed by atoms with E-state index in [0.717, 1.165) is 11.3 Å². The summed E-state index contributed by atoms with van der Waals surface area (Å²) in [6.07, 6.45) is 3.58. The summed E-state index contributed by atoms with van der Waals surface area (Å²) in [6, 6.07) is 3.40. The van der Waals surface area contributed by atoms with Gasteiger partial charge in [0.05, 0.1) is 16.8 Å². The Bertz CT molecular complexity index is 935. The van der Waals surface area contributed by atoms with Gasteiger partial charge in [-0.1, -0.05) is 23.6 Å². The number of carbonyl (C=O) groups is 1. The molecule has 5 nitrogen and oxygen atoms in total. The van der Waals surface area contributed by atoms with Gasteiger partial charge in [0.1, 0.15) is 12.2 Å². The standard InChI is InChI=1S/C18H16F2N4OS2/c19-5-1-2-13-10-23-16(27-13)14(25)8-12-3-6-22-15(9-12)18(11-20)4-7-26-17(21)24-18/h3,6,9-10H,4-5,7-8,11H2,(H2,21,24)/t18-/m1/s1. The molecule has 0 saturated carbocycles. The number of nitrogens with zero attached hydrogens (tertiary/aromatic N) is 3. The summed E-state index contributed by atoms with van der Waals surface area (Å²) in [5, 5.41) is 0.639. The van der Waals surface area contributed by atoms with Crippen LogP contribution in [0, 0.1) is 11.8 Å². The lowest BCUT2D eigenvalue weighted by Gasteiger charge is -2.30. The molecular weight excluding hydrogens is 390 g/mol. The largest absolute Gasteiger partial charge is 0.379 e. The fraction of sp³-hybridized carbons (Fsp3) is 0.333. The van der Waals surface area contributed by atoms with E-state index in [0.29, 0.717) is 38.5 Å². The molecule has 9 heteroatoms. The number of rotatable bonds is 5. The van der Waals surface area contributed by atoms with E-state index >= 15 is 0 Å². The number of ketones is 1. The average Bonchev–Trinajstić information content (AvgIpc) is 3.15. The van der Waals surface area contributed by atoms with Crippen molar-refractivity contribution in [2.75, 3.05) is 19.1 Å². The quantitative estimate of drug-likeness (QED) is 0.610. The van der Waals surface area contributed by atoms with Gasteiger partial charge in [-0.25, -0.2) is 18.8 Å². The summed E-state index contributed by atoms with van der Waals surface area (Å²) in [6.45, 7) is -1.45. The number of halogens is 2. The van der Waals surface area contributed by atoms with Crippen LogP contribution in [0.15, 0.2) is 29.5 Å². The van der Waals surface area contributed by atoms with Gasteiger partial charge >= 0.3 is 0 Å². The van der Waals surface area contributed by atoms with Gasteiger partial charge in [-0.3, -0.25) is 9.78 Å². The lowest BCUT2D eigenvalue weighted by atomic mass is 9.92. The molecule has 0 aromatic carbocycles. The Balaban J connectivity index is 1.80. The van der Waals surface area contributed by atoms with Gasteiger partial charge in [-0.05, 0) is 24.1 Å². The minimum absolute atomic E-state index is 0.0926. The van der Waals surface area contributed by atoms with E-state index in [2.05, 4.69) is 26.8 Å². The van der Waals surface area contributed by atoms with Crippen molar-refractivity contribution in [1.82, 2.24) is 9.97 Å². The number of aliphatic imine (C=N–C) groups is 1. The van der Waals surface area contributed by atoms with E-state index in [9.17, 15) is 13.6 Å². The second-order valence-corrected chi connectivity index (χ2v) is 7.97. The van der Waals surface area contributed by atoms with Crippen LogP contribution in [0.2, 0.25) is 0 Å². The molecule has 1 aliphatic rings. The first-order valence-corrected chi connectivity index (χ1v) is 9.90. The first-order chi connectivity index (χ1) is 13.1. The molecule has 3 heterocycles. The monoisotopic (exact) mass is 406 g/mol. The van der Waals surface area contributed by atoms with Crippen molar-refractivity contribution >= 4 is 34.0 Å². The second kappa shape index (κ2) is 8.59. The fourth-order valence-electron chi connectivity index (χ4n) is 2.66. The van der Waals surface area contributed by atoms with Crippen molar-refractivity contribution in [3.8, 4) is 11.8 Å². The molecule has 2 N–H and O–H groups in total. The van der Waals surface area contributed by atoms with Crippen LogP contribution >= 0.6 is 23.1 Å². The number of pyridine rings is 1. The molecule has 0 radical (unpaired) electrons. The van der Waals surface area contributed by atoms with Crippen LogP contribution in [0.3, 0.4) is 0 Å². The highest BCUT2D eigenvalue weighted by Crippen LogP contribution is 2.35. The predicted molar refractivity (Wildman–Crippen MR) is 104 cm³/mol. The number of carbonyl (C=O) groups excluding carboxylic acids is 1. The molecule has 0 spiro atoms. The van der Waals surface area contributed by atoms with Crippen LogP contribution in [0.1, 0.15) is 32.4 Å². The van der Waals surface area contributed by atoms with E-state index in [1.54, 1.807) is 18.3 Å². The van der Waals surface area contributed by atoms with Gasteiger partial charge in [-0.15, -0.1) is 11.3 Å². The summed E-state index contributed by atoms with van der Waals surface area (Å²) in [5.41, 5.74) is 5.84. The summed E-state index contributed by atoms with van der Waals surface area (Å²) >= 11 is 2.51. The maximum absolute atomic E-state index is 13.8. The number of hydrogen-bond donors (Lipinski definition) is 1. The maximum atomic E-state index is 13.8. The second-order valence-electron chi connectivity index (χ2n) is 5.83. The minimum Gasteiger partial charge on any atom is -0.379 e. The Kier molecular flexibility index (Phi) is 6.19. The van der Waals surface area contributed by atoms with Crippen LogP contribution in [-0.4, -0.2) is 40.0 Å². The van der Waals surface area contributed by atoms with Gasteiger partial charge in [0, 0.05) is 18.4 Å². The van der Waals surface area contributed by atoms with E-state index < -0.39 is 18.9 Å². The van der Waals surface area contributed by atoms with E-state index in [1.165, 1.54) is 18.0 Å². The van der Waals surface area contributed by atoms with Gasteiger partial charge in [0.15, 0.2) is 22.6 Å². The van der Waals surface area contributed by atoms with Gasteiger partial charge in [0.25, 0.3) is 0 Å². The molecule has 0 bridgehead atoms. The number of nitrogens with two attached hydrogens (primary N) is 1. The number of alkyl halides is 2. The van der Waals surface area contributed by atoms with Crippen LogP contribution in [0.5, 0.6) is 0 Å². The van der Waals surface area contributed by atoms with E-state index in [-0.39, 0.29) is 12.2 Å². The van der Waals surface area contributed by atoms with Gasteiger partial charge < -0.3 is 5.73 Å². The van der Waals surface area contributed by atoms with Crippen molar-refractivity contribution in [3.05, 3.63) is 45.7 Å². The number of amidine groups is 1. The molecule has 0 unspecified atom stereocenters. The Hall–Kier alpha value is -2.31. The molecule has 0 fully saturated rings. The Morgan fingerprint density at radius 2 is 2.22 bits per heavy atom. The highest BCUT2D eigenvalue weighted by Gasteiger charge is 2.36. The minimum atomic E-state index is -1.09. The Labute approximate surface area is 163 Å². The summed E-state index contributed by atoms with van der Waals surface area (Å²) in [7, 11) is 0. The van der Waals surface area contributed by atoms with Crippen molar-refractivity contribution in [2.24, 2.45) is 10.7 Å². The molecule has 2 aromatic heterocycles. The fourth-order valence-corrected chi connectivity index (χ4v) is 4.27. The molecule has 1 aliphatic heterocycles. The molecule has 140 valence electrons. The molecule has 0 aliphatic carbocycles. The molecule has 2 aromatic rings. The Morgan fingerprint density at radius 1 is 1.37 bits per heavy atom. The van der Waals surface area contributed by atoms with Gasteiger partial charge in [-0.2, -0.15) is 0 Å². The number of Topliss-reactive ketones (excluding diaryl/α,β-unsaturated/α-hetero) is 1. The average molecular weight is 406 g/mol. The number of aromatic nitrogens is 2. The third-order valence-electron chi connectivity index (χ3n) is 4.00. The van der Waals surface area contributed by atoms with Crippen LogP contribution in [0.4, 0.5) is 8.78 Å². The van der Waals surface area contributed by atoms with Crippen LogP contribution in [0.25, 0.3) is 0 Å². The van der Waals surface area contributed by atoms with Crippen molar-refractivity contribution < 1.29 is 13.6 Å². The van der Waals surface area contributed by atoms with Crippen LogP contribution in [-0.2, 0) is 12.0 Å². The number of hydrogen-bond acceptors (Lipinski definition) is 7. The first-order valence-electron chi connectivity index (χ1n) is 8.09. The lowest BCUT2D eigenvalue weighted by Crippen LogP contribution is -2.34.